The van der Waals surface area contributed by atoms with Gasteiger partial charge in [0.1, 0.15) is 0 Å². The second-order valence-corrected chi connectivity index (χ2v) is 5.64. The molecule has 4 atom stereocenters. The highest BCUT2D eigenvalue weighted by Crippen LogP contribution is 2.46. The average Bonchev–Trinajstić information content (AvgIpc) is 2.50. The Morgan fingerprint density at radius 3 is 2.18 bits per heavy atom. The van der Waals surface area contributed by atoms with Crippen molar-refractivity contribution in [2.45, 2.75) is 6.04 Å². The first-order chi connectivity index (χ1) is 10.4. The number of hydrogen-bond acceptors (Lipinski definition) is 3. The number of hydrogen-bond donors (Lipinski definition) is 2. The van der Waals surface area contributed by atoms with Gasteiger partial charge in [0, 0.05) is 7.05 Å². The summed E-state index contributed by atoms with van der Waals surface area (Å²) >= 11 is 0. The molecule has 114 valence electrons. The van der Waals surface area contributed by atoms with Crippen molar-refractivity contribution >= 4 is 23.4 Å². The van der Waals surface area contributed by atoms with Crippen LogP contribution in [0.4, 0.5) is 0 Å². The van der Waals surface area contributed by atoms with Gasteiger partial charge in [0.25, 0.3) is 0 Å². The molecule has 1 aromatic carbocycles. The third kappa shape index (κ3) is 1.91. The molecule has 6 heteroatoms. The van der Waals surface area contributed by atoms with E-state index >= 15 is 0 Å². The van der Waals surface area contributed by atoms with E-state index < -0.39 is 35.7 Å². The summed E-state index contributed by atoms with van der Waals surface area (Å²) < 4.78 is 0. The molecule has 0 radical (unpaired) electrons. The number of carbonyl (C=O) groups excluding carboxylic acids is 1. The van der Waals surface area contributed by atoms with Crippen LogP contribution in [0.5, 0.6) is 0 Å². The zero-order chi connectivity index (χ0) is 16.0. The standard InChI is InChI=1S/C16H15NO5/c1-17-13-9(8-5-3-2-4-6-8)7-10(14(17)18)11(15(19)20)12(13)16(21)22/h2-7,10-13H,1H3,(H,19,20)(H,21,22). The Labute approximate surface area is 126 Å². The molecule has 2 bridgehead atoms. The van der Waals surface area contributed by atoms with Gasteiger partial charge in [0.05, 0.1) is 23.8 Å². The van der Waals surface area contributed by atoms with E-state index in [9.17, 15) is 24.6 Å². The summed E-state index contributed by atoms with van der Waals surface area (Å²) in [5.74, 6) is -6.09. The highest BCUT2D eigenvalue weighted by atomic mass is 16.4. The minimum Gasteiger partial charge on any atom is -0.481 e. The Morgan fingerprint density at radius 1 is 1.05 bits per heavy atom. The maximum Gasteiger partial charge on any atom is 0.309 e. The summed E-state index contributed by atoms with van der Waals surface area (Å²) in [4.78, 5) is 36.8. The number of carboxylic acids is 2. The lowest BCUT2D eigenvalue weighted by Crippen LogP contribution is -2.62. The molecule has 0 aromatic heterocycles. The first kappa shape index (κ1) is 14.3. The van der Waals surface area contributed by atoms with Gasteiger partial charge in [-0.15, -0.1) is 0 Å². The van der Waals surface area contributed by atoms with Crippen LogP contribution in [0.25, 0.3) is 5.57 Å². The number of rotatable bonds is 3. The molecule has 1 fully saturated rings. The lowest BCUT2D eigenvalue weighted by atomic mass is 9.64. The Balaban J connectivity index is 2.17. The van der Waals surface area contributed by atoms with Gasteiger partial charge in [-0.2, -0.15) is 0 Å². The molecule has 1 amide bonds. The van der Waals surface area contributed by atoms with Crippen LogP contribution in [0.3, 0.4) is 0 Å². The molecular formula is C16H15NO5. The molecule has 2 N–H and O–H groups in total. The van der Waals surface area contributed by atoms with E-state index in [0.717, 1.165) is 5.56 Å². The third-order valence-electron chi connectivity index (χ3n) is 4.52. The normalized spacial score (nSPS) is 30.1. The van der Waals surface area contributed by atoms with Gasteiger partial charge in [-0.25, -0.2) is 0 Å². The van der Waals surface area contributed by atoms with Gasteiger partial charge in [0.15, 0.2) is 0 Å². The van der Waals surface area contributed by atoms with Crippen molar-refractivity contribution in [2.75, 3.05) is 7.05 Å². The fourth-order valence-corrected chi connectivity index (χ4v) is 3.55. The molecule has 22 heavy (non-hydrogen) atoms. The summed E-state index contributed by atoms with van der Waals surface area (Å²) in [5.41, 5.74) is 1.52. The van der Waals surface area contributed by atoms with Crippen LogP contribution in [-0.2, 0) is 14.4 Å². The van der Waals surface area contributed by atoms with E-state index in [-0.39, 0.29) is 5.91 Å². The van der Waals surface area contributed by atoms with Crippen molar-refractivity contribution < 1.29 is 24.6 Å². The fourth-order valence-electron chi connectivity index (χ4n) is 3.55. The monoisotopic (exact) mass is 301 g/mol. The summed E-state index contributed by atoms with van der Waals surface area (Å²) in [5, 5.41) is 18.9. The largest absolute Gasteiger partial charge is 0.481 e. The minimum absolute atomic E-state index is 0.338. The number of likely N-dealkylation sites (N-methyl/N-ethyl adjacent to an activating group) is 1. The maximum absolute atomic E-state index is 12.3. The molecule has 0 saturated carbocycles. The summed E-state index contributed by atoms with van der Waals surface area (Å²) in [6.07, 6.45) is 1.63. The van der Waals surface area contributed by atoms with Gasteiger partial charge >= 0.3 is 11.9 Å². The fraction of sp³-hybridized carbons (Fsp3) is 0.312. The van der Waals surface area contributed by atoms with Crippen LogP contribution >= 0.6 is 0 Å². The minimum atomic E-state index is -1.24. The molecule has 1 aliphatic carbocycles. The number of piperidine rings is 1. The molecule has 2 aliphatic heterocycles. The topological polar surface area (TPSA) is 94.9 Å². The molecule has 2 heterocycles. The molecule has 1 saturated heterocycles. The van der Waals surface area contributed by atoms with E-state index in [1.165, 1.54) is 11.9 Å². The van der Waals surface area contributed by atoms with Crippen LogP contribution in [-0.4, -0.2) is 46.0 Å². The van der Waals surface area contributed by atoms with Crippen LogP contribution < -0.4 is 0 Å². The zero-order valence-electron chi connectivity index (χ0n) is 11.8. The van der Waals surface area contributed by atoms with Crippen molar-refractivity contribution in [3.63, 3.8) is 0 Å². The lowest BCUT2D eigenvalue weighted by molar-refractivity contribution is -0.168. The van der Waals surface area contributed by atoms with Crippen molar-refractivity contribution in [1.82, 2.24) is 4.90 Å². The van der Waals surface area contributed by atoms with E-state index in [4.69, 9.17) is 0 Å². The van der Waals surface area contributed by atoms with Crippen molar-refractivity contribution in [3.05, 3.63) is 42.0 Å². The summed E-state index contributed by atoms with van der Waals surface area (Å²) in [6.45, 7) is 0. The number of aliphatic carboxylic acids is 2. The van der Waals surface area contributed by atoms with Crippen molar-refractivity contribution in [2.24, 2.45) is 17.8 Å². The van der Waals surface area contributed by atoms with Crippen molar-refractivity contribution in [3.8, 4) is 0 Å². The Bertz CT molecular complexity index is 681. The number of carboxylic acid groups (broad SMARTS) is 2. The second-order valence-electron chi connectivity index (χ2n) is 5.64. The van der Waals surface area contributed by atoms with Gasteiger partial charge < -0.3 is 15.1 Å². The first-order valence-corrected chi connectivity index (χ1v) is 6.93. The predicted molar refractivity (Wildman–Crippen MR) is 76.7 cm³/mol. The maximum atomic E-state index is 12.3. The Hall–Kier alpha value is -2.63. The first-order valence-electron chi connectivity index (χ1n) is 6.93. The summed E-state index contributed by atoms with van der Waals surface area (Å²) in [6, 6.07) is 8.39. The highest BCUT2D eigenvalue weighted by molar-refractivity contribution is 5.99. The quantitative estimate of drug-likeness (QED) is 0.866. The third-order valence-corrected chi connectivity index (χ3v) is 4.52. The van der Waals surface area contributed by atoms with Crippen LogP contribution in [0, 0.1) is 17.8 Å². The zero-order valence-corrected chi connectivity index (χ0v) is 11.8. The predicted octanol–water partition coefficient (Wildman–Crippen LogP) is 0.942. The van der Waals surface area contributed by atoms with Crippen LogP contribution in [0.2, 0.25) is 0 Å². The van der Waals surface area contributed by atoms with Crippen LogP contribution in [0.1, 0.15) is 5.56 Å². The molecule has 6 nitrogen and oxygen atoms in total. The Morgan fingerprint density at radius 2 is 1.64 bits per heavy atom. The van der Waals surface area contributed by atoms with Gasteiger partial charge in [-0.1, -0.05) is 36.4 Å². The molecule has 0 spiro atoms. The number of nitrogens with zero attached hydrogens (tertiary/aromatic N) is 1. The number of benzene rings is 1. The molecular weight excluding hydrogens is 286 g/mol. The molecule has 4 unspecified atom stereocenters. The van der Waals surface area contributed by atoms with E-state index in [1.807, 2.05) is 30.3 Å². The second kappa shape index (κ2) is 4.98. The van der Waals surface area contributed by atoms with E-state index in [0.29, 0.717) is 5.57 Å². The summed E-state index contributed by atoms with van der Waals surface area (Å²) in [7, 11) is 1.53. The van der Waals surface area contributed by atoms with E-state index in [1.54, 1.807) is 6.08 Å². The van der Waals surface area contributed by atoms with Gasteiger partial charge in [-0.05, 0) is 11.1 Å². The molecule has 4 rings (SSSR count). The number of amides is 1. The smallest absolute Gasteiger partial charge is 0.309 e. The number of fused-ring (bicyclic) bond motifs is 2. The van der Waals surface area contributed by atoms with Gasteiger partial charge in [0.2, 0.25) is 5.91 Å². The van der Waals surface area contributed by atoms with Gasteiger partial charge in [-0.3, -0.25) is 14.4 Å². The van der Waals surface area contributed by atoms with Crippen LogP contribution in [0.15, 0.2) is 36.4 Å². The Kier molecular flexibility index (Phi) is 3.24. The van der Waals surface area contributed by atoms with Crippen molar-refractivity contribution in [1.29, 1.82) is 0 Å². The molecule has 3 aliphatic rings. The average molecular weight is 301 g/mol. The van der Waals surface area contributed by atoms with E-state index in [2.05, 4.69) is 0 Å². The lowest BCUT2D eigenvalue weighted by Gasteiger charge is -2.48. The number of carbonyl (C=O) groups is 3. The highest BCUT2D eigenvalue weighted by Gasteiger charge is 2.57. The molecule has 1 aromatic rings. The SMILES string of the molecule is CN1C(=O)C2C=C(c3ccccc3)C1C(C(=O)O)C2C(=O)O.